The van der Waals surface area contributed by atoms with Gasteiger partial charge in [-0.05, 0) is 25.1 Å². The Bertz CT molecular complexity index is 679. The molecule has 2 aromatic heterocycles. The summed E-state index contributed by atoms with van der Waals surface area (Å²) < 4.78 is 0. The Morgan fingerprint density at radius 1 is 1.30 bits per heavy atom. The third-order valence-electron chi connectivity index (χ3n) is 3.99. The Morgan fingerprint density at radius 3 is 2.78 bits per heavy atom. The smallest absolute Gasteiger partial charge is 0.251 e. The predicted molar refractivity (Wildman–Crippen MR) is 85.0 cm³/mol. The molecular weight excluding hydrogens is 294 g/mol. The highest BCUT2D eigenvalue weighted by Crippen LogP contribution is 2.21. The monoisotopic (exact) mass is 313 g/mol. The van der Waals surface area contributed by atoms with Crippen LogP contribution in [0.4, 0.5) is 5.95 Å². The number of hydrogen-bond acceptors (Lipinski definition) is 6. The third kappa shape index (κ3) is 3.45. The van der Waals surface area contributed by atoms with Gasteiger partial charge in [0.05, 0.1) is 6.04 Å². The average molecular weight is 313 g/mol. The molecule has 2 aromatic rings. The van der Waals surface area contributed by atoms with Crippen LogP contribution in [0.1, 0.15) is 16.1 Å². The summed E-state index contributed by atoms with van der Waals surface area (Å²) in [7, 11) is 0. The van der Waals surface area contributed by atoms with Crippen LogP contribution < -0.4 is 10.2 Å². The number of anilines is 1. The van der Waals surface area contributed by atoms with Crippen molar-refractivity contribution in [1.82, 2.24) is 20.3 Å². The first-order valence-electron chi connectivity index (χ1n) is 7.53. The second-order valence-electron chi connectivity index (χ2n) is 5.66. The lowest BCUT2D eigenvalue weighted by Gasteiger charge is -2.18. The van der Waals surface area contributed by atoms with Crippen LogP contribution in [-0.4, -0.2) is 51.7 Å². The summed E-state index contributed by atoms with van der Waals surface area (Å²) in [4.78, 5) is 26.9. The molecule has 0 saturated carbocycles. The van der Waals surface area contributed by atoms with Gasteiger partial charge in [-0.1, -0.05) is 0 Å². The minimum Gasteiger partial charge on any atom is -0.396 e. The van der Waals surface area contributed by atoms with Crippen LogP contribution in [0.25, 0.3) is 0 Å². The van der Waals surface area contributed by atoms with E-state index in [0.717, 1.165) is 5.69 Å². The van der Waals surface area contributed by atoms with Crippen molar-refractivity contribution >= 4 is 11.9 Å². The van der Waals surface area contributed by atoms with E-state index < -0.39 is 0 Å². The fourth-order valence-electron chi connectivity index (χ4n) is 2.78. The Hall–Kier alpha value is -2.54. The van der Waals surface area contributed by atoms with E-state index in [2.05, 4.69) is 20.3 Å². The van der Waals surface area contributed by atoms with Gasteiger partial charge in [0.15, 0.2) is 0 Å². The lowest BCUT2D eigenvalue weighted by atomic mass is 10.0. The fraction of sp³-hybridized carbons (Fsp3) is 0.375. The fourth-order valence-corrected chi connectivity index (χ4v) is 2.78. The number of rotatable bonds is 4. The van der Waals surface area contributed by atoms with Crippen molar-refractivity contribution < 1.29 is 9.90 Å². The number of amides is 1. The first-order chi connectivity index (χ1) is 11.2. The van der Waals surface area contributed by atoms with Gasteiger partial charge in [0.1, 0.15) is 0 Å². The molecule has 0 radical (unpaired) electrons. The first-order valence-corrected chi connectivity index (χ1v) is 7.53. The highest BCUT2D eigenvalue weighted by Gasteiger charge is 2.34. The van der Waals surface area contributed by atoms with E-state index in [0.29, 0.717) is 24.6 Å². The molecule has 2 atom stereocenters. The number of carbonyl (C=O) groups is 1. The number of aromatic nitrogens is 3. The largest absolute Gasteiger partial charge is 0.396 e. The molecule has 3 rings (SSSR count). The summed E-state index contributed by atoms with van der Waals surface area (Å²) in [6, 6.07) is 5.04. The minimum atomic E-state index is -0.158. The molecule has 0 bridgehead atoms. The number of aryl methyl sites for hydroxylation is 1. The van der Waals surface area contributed by atoms with E-state index in [9.17, 15) is 9.90 Å². The maximum Gasteiger partial charge on any atom is 0.251 e. The van der Waals surface area contributed by atoms with Crippen LogP contribution in [0, 0.1) is 12.8 Å². The van der Waals surface area contributed by atoms with Crippen molar-refractivity contribution in [3.05, 3.63) is 48.0 Å². The van der Waals surface area contributed by atoms with Crippen LogP contribution in [-0.2, 0) is 0 Å². The minimum absolute atomic E-state index is 0.00362. The average Bonchev–Trinajstić information content (AvgIpc) is 2.98. The number of pyridine rings is 1. The van der Waals surface area contributed by atoms with Crippen molar-refractivity contribution in [2.75, 3.05) is 24.6 Å². The van der Waals surface area contributed by atoms with Crippen LogP contribution in [0.15, 0.2) is 36.8 Å². The molecule has 0 unspecified atom stereocenters. The molecule has 1 fully saturated rings. The number of nitrogens with one attached hydrogen (secondary N) is 1. The normalized spacial score (nSPS) is 20.5. The quantitative estimate of drug-likeness (QED) is 0.849. The van der Waals surface area contributed by atoms with Crippen molar-refractivity contribution in [1.29, 1.82) is 0 Å². The lowest BCUT2D eigenvalue weighted by molar-refractivity contribution is 0.0921. The zero-order chi connectivity index (χ0) is 16.2. The summed E-state index contributed by atoms with van der Waals surface area (Å²) >= 11 is 0. The molecule has 0 aliphatic carbocycles. The van der Waals surface area contributed by atoms with Crippen molar-refractivity contribution in [3.63, 3.8) is 0 Å². The Kier molecular flexibility index (Phi) is 4.47. The van der Waals surface area contributed by atoms with E-state index in [4.69, 9.17) is 0 Å². The maximum atomic E-state index is 12.4. The molecule has 23 heavy (non-hydrogen) atoms. The topological polar surface area (TPSA) is 91.2 Å². The molecule has 3 heterocycles. The number of aliphatic hydroxyl groups is 1. The zero-order valence-electron chi connectivity index (χ0n) is 12.9. The summed E-state index contributed by atoms with van der Waals surface area (Å²) in [5.41, 5.74) is 1.37. The van der Waals surface area contributed by atoms with Crippen molar-refractivity contribution in [3.8, 4) is 0 Å². The molecule has 1 aliphatic rings. The molecule has 1 aliphatic heterocycles. The van der Waals surface area contributed by atoms with Gasteiger partial charge in [-0.3, -0.25) is 9.78 Å². The molecule has 1 amide bonds. The summed E-state index contributed by atoms with van der Waals surface area (Å²) in [5.74, 6) is 0.405. The van der Waals surface area contributed by atoms with E-state index >= 15 is 0 Å². The standard InChI is InChI=1S/C16H19N5O2/c1-11-7-12(3-6-17-11)15(23)20-14-9-21(8-13(14)10-22)16-18-4-2-5-19-16/h2-7,13-14,22H,8-10H2,1H3,(H,20,23)/t13-,14+/m0/s1. The molecule has 120 valence electrons. The van der Waals surface area contributed by atoms with Crippen molar-refractivity contribution in [2.24, 2.45) is 5.92 Å². The molecule has 7 heteroatoms. The van der Waals surface area contributed by atoms with Gasteiger partial charge in [-0.25, -0.2) is 9.97 Å². The van der Waals surface area contributed by atoms with Gasteiger partial charge < -0.3 is 15.3 Å². The molecule has 1 saturated heterocycles. The van der Waals surface area contributed by atoms with Gasteiger partial charge in [-0.2, -0.15) is 0 Å². The molecule has 0 aromatic carbocycles. The number of carbonyl (C=O) groups excluding carboxylic acids is 1. The van der Waals surface area contributed by atoms with E-state index in [1.165, 1.54) is 0 Å². The van der Waals surface area contributed by atoms with E-state index in [-0.39, 0.29) is 24.5 Å². The van der Waals surface area contributed by atoms with Crippen LogP contribution in [0.2, 0.25) is 0 Å². The SMILES string of the molecule is Cc1cc(C(=O)N[C@@H]2CN(c3ncccn3)C[C@H]2CO)ccn1. The Labute approximate surface area is 134 Å². The van der Waals surface area contributed by atoms with Gasteiger partial charge in [0.2, 0.25) is 5.95 Å². The van der Waals surface area contributed by atoms with Gasteiger partial charge in [0.25, 0.3) is 5.91 Å². The number of hydrogen-bond donors (Lipinski definition) is 2. The number of nitrogens with zero attached hydrogens (tertiary/aromatic N) is 4. The number of aliphatic hydroxyl groups excluding tert-OH is 1. The van der Waals surface area contributed by atoms with Crippen molar-refractivity contribution in [2.45, 2.75) is 13.0 Å². The summed E-state index contributed by atoms with van der Waals surface area (Å²) in [6.07, 6.45) is 4.98. The summed E-state index contributed by atoms with van der Waals surface area (Å²) in [5, 5.41) is 12.6. The van der Waals surface area contributed by atoms with Crippen LogP contribution in [0.5, 0.6) is 0 Å². The second kappa shape index (κ2) is 6.70. The van der Waals surface area contributed by atoms with E-state index in [1.807, 2.05) is 11.8 Å². The zero-order valence-corrected chi connectivity index (χ0v) is 12.9. The highest BCUT2D eigenvalue weighted by molar-refractivity contribution is 5.94. The van der Waals surface area contributed by atoms with Gasteiger partial charge >= 0.3 is 0 Å². The van der Waals surface area contributed by atoms with Crippen LogP contribution >= 0.6 is 0 Å². The highest BCUT2D eigenvalue weighted by atomic mass is 16.3. The molecule has 2 N–H and O–H groups in total. The second-order valence-corrected chi connectivity index (χ2v) is 5.66. The van der Waals surface area contributed by atoms with Gasteiger partial charge in [0, 0.05) is 55.5 Å². The molecule has 0 spiro atoms. The first kappa shape index (κ1) is 15.4. The molecule has 7 nitrogen and oxygen atoms in total. The summed E-state index contributed by atoms with van der Waals surface area (Å²) in [6.45, 7) is 3.03. The lowest BCUT2D eigenvalue weighted by Crippen LogP contribution is -2.41. The van der Waals surface area contributed by atoms with Gasteiger partial charge in [-0.15, -0.1) is 0 Å². The molecular formula is C16H19N5O2. The van der Waals surface area contributed by atoms with Crippen LogP contribution in [0.3, 0.4) is 0 Å². The third-order valence-corrected chi connectivity index (χ3v) is 3.99. The van der Waals surface area contributed by atoms with E-state index in [1.54, 1.807) is 36.8 Å². The predicted octanol–water partition coefficient (Wildman–Crippen LogP) is 0.407. The maximum absolute atomic E-state index is 12.4. The Morgan fingerprint density at radius 2 is 2.09 bits per heavy atom. The Balaban J connectivity index is 1.70.